The summed E-state index contributed by atoms with van der Waals surface area (Å²) >= 11 is 0. The maximum Gasteiger partial charge on any atom is 0.335 e. The van der Waals surface area contributed by atoms with Gasteiger partial charge >= 0.3 is 5.97 Å². The smallest absolute Gasteiger partial charge is 0.335 e. The van der Waals surface area contributed by atoms with E-state index < -0.39 is 67.7 Å². The number of carboxylic acid groups (broad SMARTS) is 1. The van der Waals surface area contributed by atoms with E-state index in [4.69, 9.17) is 51.1 Å². The van der Waals surface area contributed by atoms with Crippen LogP contribution in [0.25, 0.3) is 0 Å². The molecule has 2 aliphatic rings. The third kappa shape index (κ3) is 9.92. The van der Waals surface area contributed by atoms with E-state index in [1.165, 1.54) is 0 Å². The quantitative estimate of drug-likeness (QED) is 0.163. The normalized spacial score (nSPS) is 30.1. The highest BCUT2D eigenvalue weighted by molar-refractivity contribution is 5.73. The van der Waals surface area contributed by atoms with E-state index in [2.05, 4.69) is 10.1 Å². The van der Waals surface area contributed by atoms with Crippen molar-refractivity contribution in [2.45, 2.75) is 55.1 Å². The lowest BCUT2D eigenvalue weighted by Crippen LogP contribution is -2.58. The summed E-state index contributed by atoms with van der Waals surface area (Å²) in [5.74, 6) is -1.76. The summed E-state index contributed by atoms with van der Waals surface area (Å²) in [6, 6.07) is 0. The highest BCUT2D eigenvalue weighted by Crippen LogP contribution is 2.19. The number of ether oxygens (including phenoxy) is 1. The molecule has 14 heteroatoms. The molecule has 2 heterocycles. The van der Waals surface area contributed by atoms with Gasteiger partial charge < -0.3 is 65.9 Å². The Kier molecular flexibility index (Phi) is 14.5. The van der Waals surface area contributed by atoms with Crippen LogP contribution in [0, 0.1) is 0 Å². The summed E-state index contributed by atoms with van der Waals surface area (Å²) in [4.78, 5) is 20.0. The van der Waals surface area contributed by atoms with Crippen molar-refractivity contribution in [1.82, 2.24) is 5.32 Å². The van der Waals surface area contributed by atoms with E-state index in [0.29, 0.717) is 0 Å². The molecule has 1 saturated heterocycles. The minimum absolute atomic E-state index is 0.0809. The average molecular weight is 467 g/mol. The Morgan fingerprint density at radius 1 is 0.906 bits per heavy atom. The lowest BCUT2D eigenvalue weighted by atomic mass is 10.00. The van der Waals surface area contributed by atoms with Crippen molar-refractivity contribution < 1.29 is 65.4 Å². The van der Waals surface area contributed by atoms with Gasteiger partial charge in [0.2, 0.25) is 0 Å². The first-order chi connectivity index (χ1) is 15.0. The zero-order valence-corrected chi connectivity index (χ0v) is 16.6. The van der Waals surface area contributed by atoms with E-state index in [1.807, 2.05) is 36.7 Å². The Morgan fingerprint density at radius 2 is 1.44 bits per heavy atom. The zero-order chi connectivity index (χ0) is 24.8. The molecule has 32 heavy (non-hydrogen) atoms. The van der Waals surface area contributed by atoms with Gasteiger partial charge in [0.1, 0.15) is 42.7 Å². The van der Waals surface area contributed by atoms with Crippen LogP contribution in [0.15, 0.2) is 36.7 Å². The van der Waals surface area contributed by atoms with Gasteiger partial charge in [-0.15, -0.1) is 0 Å². The molecule has 0 amide bonds. The minimum atomic E-state index is -2.25. The number of carboxylic acids is 1. The molecule has 0 aliphatic carbocycles. The molecule has 0 spiro atoms. The highest BCUT2D eigenvalue weighted by atomic mass is 16.6. The van der Waals surface area contributed by atoms with E-state index in [1.54, 1.807) is 0 Å². The van der Waals surface area contributed by atoms with Gasteiger partial charge in [-0.1, -0.05) is 12.2 Å². The Bertz CT molecular complexity index is 622. The Hall–Kier alpha value is -2.24. The monoisotopic (exact) mass is 467 g/mol. The largest absolute Gasteiger partial charge is 0.479 e. The SMILES string of the molecule is C1=CC=CNC=C1.O=CC(O)C(O)C(O)C(O)C(=O)O.OC[C@H]1O[C@@H](O)[C@H](O)[C@@H](O)[C@@H]1O. The molecule has 2 aliphatic heterocycles. The van der Waals surface area contributed by atoms with Crippen LogP contribution in [0.2, 0.25) is 0 Å². The van der Waals surface area contributed by atoms with Gasteiger partial charge in [-0.2, -0.15) is 0 Å². The van der Waals surface area contributed by atoms with Crippen LogP contribution >= 0.6 is 0 Å². The fourth-order valence-electron chi connectivity index (χ4n) is 2.10. The standard InChI is InChI=1S/C6H7N.C6H10O7.C6H12O6/c1-2-4-6-7-5-3-1;7-1-2(8)3(9)4(10)5(11)6(12)13;7-1-2-3(8)4(9)5(10)6(11)12-2/h1-7H;1-5,8-11H,(H,12,13);2-11H,1H2/t;;2-,3-,4+,5-,6-/m..1/s1. The maximum atomic E-state index is 10.1. The first-order valence-corrected chi connectivity index (χ1v) is 9.12. The topological polar surface area (TPSA) is 258 Å². The van der Waals surface area contributed by atoms with Gasteiger partial charge in [0, 0.05) is 12.4 Å². The molecule has 0 bridgehead atoms. The number of carbonyl (C=O) groups excluding carboxylic acids is 1. The van der Waals surface area contributed by atoms with Gasteiger partial charge in [0.05, 0.1) is 6.61 Å². The second kappa shape index (κ2) is 15.5. The molecule has 0 aromatic heterocycles. The predicted molar refractivity (Wildman–Crippen MR) is 104 cm³/mol. The number of aldehydes is 1. The van der Waals surface area contributed by atoms with Gasteiger partial charge in [0.15, 0.2) is 18.7 Å². The Labute approximate surface area is 182 Å². The van der Waals surface area contributed by atoms with Gasteiger partial charge in [-0.25, -0.2) is 4.79 Å². The van der Waals surface area contributed by atoms with Crippen LogP contribution in [0.5, 0.6) is 0 Å². The van der Waals surface area contributed by atoms with Crippen LogP contribution < -0.4 is 5.32 Å². The summed E-state index contributed by atoms with van der Waals surface area (Å²) in [6.07, 6.45) is -3.86. The van der Waals surface area contributed by atoms with Crippen molar-refractivity contribution in [1.29, 1.82) is 0 Å². The average Bonchev–Trinajstić information content (AvgIpc) is 3.12. The fourth-order valence-corrected chi connectivity index (χ4v) is 2.10. The van der Waals surface area contributed by atoms with Gasteiger partial charge in [0.25, 0.3) is 0 Å². The number of allylic oxidation sites excluding steroid dienone is 4. The third-order valence-electron chi connectivity index (χ3n) is 4.00. The van der Waals surface area contributed by atoms with Crippen LogP contribution in [0.3, 0.4) is 0 Å². The fraction of sp³-hybridized carbons (Fsp3) is 0.556. The van der Waals surface area contributed by atoms with E-state index in [-0.39, 0.29) is 6.29 Å². The van der Waals surface area contributed by atoms with Crippen molar-refractivity contribution in [2.75, 3.05) is 6.61 Å². The second-order valence-corrected chi connectivity index (χ2v) is 6.38. The van der Waals surface area contributed by atoms with Crippen LogP contribution in [-0.4, -0.2) is 125 Å². The van der Waals surface area contributed by atoms with E-state index >= 15 is 0 Å². The molecule has 0 aromatic carbocycles. The second-order valence-electron chi connectivity index (χ2n) is 6.38. The minimum Gasteiger partial charge on any atom is -0.479 e. The van der Waals surface area contributed by atoms with Crippen molar-refractivity contribution in [3.63, 3.8) is 0 Å². The zero-order valence-electron chi connectivity index (χ0n) is 16.6. The summed E-state index contributed by atoms with van der Waals surface area (Å²) in [5.41, 5.74) is 0. The predicted octanol–water partition coefficient (Wildman–Crippen LogP) is -5.33. The molecule has 1 fully saturated rings. The van der Waals surface area contributed by atoms with Crippen molar-refractivity contribution >= 4 is 12.3 Å². The maximum absolute atomic E-state index is 10.1. The molecular formula is C18H29NO13. The van der Waals surface area contributed by atoms with Crippen LogP contribution in [-0.2, 0) is 14.3 Å². The Balaban J connectivity index is 0.000000469. The Morgan fingerprint density at radius 3 is 1.88 bits per heavy atom. The number of carbonyl (C=O) groups is 2. The number of nitrogens with one attached hydrogen (secondary N) is 1. The molecule has 0 saturated carbocycles. The number of hydrogen-bond acceptors (Lipinski definition) is 13. The lowest BCUT2D eigenvalue weighted by molar-refractivity contribution is -0.286. The van der Waals surface area contributed by atoms with E-state index in [9.17, 15) is 9.59 Å². The summed E-state index contributed by atoms with van der Waals surface area (Å²) < 4.78 is 4.58. The first kappa shape index (κ1) is 29.8. The first-order valence-electron chi connectivity index (χ1n) is 9.12. The molecule has 2 rings (SSSR count). The molecule has 14 nitrogen and oxygen atoms in total. The summed E-state index contributed by atoms with van der Waals surface area (Å²) in [5, 5.41) is 90.8. The van der Waals surface area contributed by atoms with Crippen LogP contribution in [0.4, 0.5) is 0 Å². The molecule has 4 unspecified atom stereocenters. The van der Waals surface area contributed by atoms with Crippen molar-refractivity contribution in [3.8, 4) is 0 Å². The van der Waals surface area contributed by atoms with Crippen molar-refractivity contribution in [2.24, 2.45) is 0 Å². The molecule has 184 valence electrons. The summed E-state index contributed by atoms with van der Waals surface area (Å²) in [7, 11) is 0. The molecular weight excluding hydrogens is 438 g/mol. The number of aliphatic carboxylic acids is 1. The molecule has 9 atom stereocenters. The number of rotatable bonds is 6. The summed E-state index contributed by atoms with van der Waals surface area (Å²) in [6.45, 7) is -0.526. The third-order valence-corrected chi connectivity index (χ3v) is 4.00. The van der Waals surface area contributed by atoms with Gasteiger partial charge in [-0.05, 0) is 12.2 Å². The molecule has 11 N–H and O–H groups in total. The van der Waals surface area contributed by atoms with E-state index in [0.717, 1.165) is 0 Å². The molecule has 0 aromatic rings. The number of aliphatic hydroxyl groups excluding tert-OH is 9. The van der Waals surface area contributed by atoms with Crippen LogP contribution in [0.1, 0.15) is 0 Å². The van der Waals surface area contributed by atoms with Crippen molar-refractivity contribution in [3.05, 3.63) is 36.7 Å². The molecule has 0 radical (unpaired) electrons. The lowest BCUT2D eigenvalue weighted by Gasteiger charge is -2.37. The number of aliphatic hydroxyl groups is 9. The highest BCUT2D eigenvalue weighted by Gasteiger charge is 2.42. The van der Waals surface area contributed by atoms with Gasteiger partial charge in [-0.3, -0.25) is 0 Å². The number of hydrogen-bond donors (Lipinski definition) is 11.